The molecule has 0 aliphatic heterocycles. The Morgan fingerprint density at radius 1 is 1.24 bits per heavy atom. The molecule has 21 heavy (non-hydrogen) atoms. The predicted molar refractivity (Wildman–Crippen MR) is 77.8 cm³/mol. The molecule has 0 spiro atoms. The standard InChI is InChI=1S/C15H27NO5/c1-15(2,3)21-14(19)16-11-7-5-10(6-8-11)9-12(17)13(18)20-4/h10-12,17H,5-9H2,1-4H3,(H,16,19). The topological polar surface area (TPSA) is 84.9 Å². The fraction of sp³-hybridized carbons (Fsp3) is 0.867. The molecule has 0 heterocycles. The molecule has 0 aromatic rings. The van der Waals surface area contributed by atoms with Gasteiger partial charge in [0.25, 0.3) is 0 Å². The van der Waals surface area contributed by atoms with Gasteiger partial charge in [-0.2, -0.15) is 0 Å². The largest absolute Gasteiger partial charge is 0.467 e. The van der Waals surface area contributed by atoms with Gasteiger partial charge in [0, 0.05) is 6.04 Å². The third-order valence-electron chi connectivity index (χ3n) is 3.60. The van der Waals surface area contributed by atoms with Crippen molar-refractivity contribution < 1.29 is 24.2 Å². The van der Waals surface area contributed by atoms with E-state index in [-0.39, 0.29) is 18.1 Å². The Hall–Kier alpha value is -1.30. The third kappa shape index (κ3) is 6.80. The van der Waals surface area contributed by atoms with Gasteiger partial charge < -0.3 is 19.9 Å². The average Bonchev–Trinajstić information content (AvgIpc) is 2.37. The monoisotopic (exact) mass is 301 g/mol. The summed E-state index contributed by atoms with van der Waals surface area (Å²) in [6, 6.07) is 0.103. The molecular formula is C15H27NO5. The second-order valence-electron chi connectivity index (χ2n) is 6.64. The quantitative estimate of drug-likeness (QED) is 0.776. The van der Waals surface area contributed by atoms with Crippen LogP contribution in [0.4, 0.5) is 4.79 Å². The van der Waals surface area contributed by atoms with E-state index in [0.717, 1.165) is 25.7 Å². The highest BCUT2D eigenvalue weighted by molar-refractivity contribution is 5.74. The van der Waals surface area contributed by atoms with E-state index >= 15 is 0 Å². The Labute approximate surface area is 126 Å². The molecule has 2 N–H and O–H groups in total. The van der Waals surface area contributed by atoms with Gasteiger partial charge in [0.1, 0.15) is 5.60 Å². The number of aliphatic hydroxyl groups is 1. The molecule has 6 nitrogen and oxygen atoms in total. The first-order valence-corrected chi connectivity index (χ1v) is 7.46. The Morgan fingerprint density at radius 2 is 1.81 bits per heavy atom. The van der Waals surface area contributed by atoms with Gasteiger partial charge in [0.05, 0.1) is 7.11 Å². The van der Waals surface area contributed by atoms with Crippen molar-refractivity contribution in [1.82, 2.24) is 5.32 Å². The fourth-order valence-corrected chi connectivity index (χ4v) is 2.56. The number of amides is 1. The van der Waals surface area contributed by atoms with Gasteiger partial charge in [0.2, 0.25) is 0 Å². The molecule has 0 bridgehead atoms. The molecule has 6 heteroatoms. The number of rotatable bonds is 4. The minimum atomic E-state index is -1.05. The normalized spacial score (nSPS) is 24.0. The van der Waals surface area contributed by atoms with Crippen LogP contribution in [0.15, 0.2) is 0 Å². The zero-order valence-electron chi connectivity index (χ0n) is 13.3. The van der Waals surface area contributed by atoms with Crippen LogP contribution < -0.4 is 5.32 Å². The van der Waals surface area contributed by atoms with Gasteiger partial charge in [-0.15, -0.1) is 0 Å². The summed E-state index contributed by atoms with van der Waals surface area (Å²) in [4.78, 5) is 22.9. The highest BCUT2D eigenvalue weighted by Crippen LogP contribution is 2.28. The summed E-state index contributed by atoms with van der Waals surface area (Å²) in [5.74, 6) is -0.292. The molecule has 122 valence electrons. The average molecular weight is 301 g/mol. The number of carbonyl (C=O) groups is 2. The SMILES string of the molecule is COC(=O)C(O)CC1CCC(NC(=O)OC(C)(C)C)CC1. The molecular weight excluding hydrogens is 274 g/mol. The van der Waals surface area contributed by atoms with E-state index in [1.54, 1.807) is 0 Å². The first-order chi connectivity index (χ1) is 9.71. The van der Waals surface area contributed by atoms with E-state index < -0.39 is 17.7 Å². The van der Waals surface area contributed by atoms with Gasteiger partial charge in [-0.1, -0.05) is 0 Å². The minimum Gasteiger partial charge on any atom is -0.467 e. The summed E-state index contributed by atoms with van der Waals surface area (Å²) in [5, 5.41) is 12.5. The van der Waals surface area contributed by atoms with Crippen molar-refractivity contribution in [3.8, 4) is 0 Å². The number of hydrogen-bond donors (Lipinski definition) is 2. The van der Waals surface area contributed by atoms with Crippen LogP contribution in [0.2, 0.25) is 0 Å². The molecule has 1 rings (SSSR count). The van der Waals surface area contributed by atoms with Crippen LogP contribution in [0.25, 0.3) is 0 Å². The summed E-state index contributed by atoms with van der Waals surface area (Å²) in [6.07, 6.45) is 2.39. The number of alkyl carbamates (subject to hydrolysis) is 1. The Morgan fingerprint density at radius 3 is 2.29 bits per heavy atom. The van der Waals surface area contributed by atoms with E-state index in [0.29, 0.717) is 6.42 Å². The summed E-state index contributed by atoms with van der Waals surface area (Å²) in [7, 11) is 1.27. The third-order valence-corrected chi connectivity index (χ3v) is 3.60. The van der Waals surface area contributed by atoms with Gasteiger partial charge in [-0.25, -0.2) is 9.59 Å². The van der Waals surface area contributed by atoms with Crippen molar-refractivity contribution in [2.24, 2.45) is 5.92 Å². The van der Waals surface area contributed by atoms with Crippen LogP contribution in [-0.2, 0) is 14.3 Å². The summed E-state index contributed by atoms with van der Waals surface area (Å²) < 4.78 is 9.74. The van der Waals surface area contributed by atoms with Crippen LogP contribution in [0.5, 0.6) is 0 Å². The van der Waals surface area contributed by atoms with Crippen LogP contribution in [0.1, 0.15) is 52.9 Å². The van der Waals surface area contributed by atoms with Crippen LogP contribution in [-0.4, -0.2) is 42.0 Å². The number of ether oxygens (including phenoxy) is 2. The summed E-state index contributed by atoms with van der Waals surface area (Å²) in [5.41, 5.74) is -0.494. The zero-order chi connectivity index (χ0) is 16.0. The number of esters is 1. The molecule has 1 fully saturated rings. The second kappa shape index (κ2) is 7.64. The molecule has 1 aliphatic carbocycles. The number of nitrogens with one attached hydrogen (secondary N) is 1. The van der Waals surface area contributed by atoms with E-state index in [1.165, 1.54) is 7.11 Å². The smallest absolute Gasteiger partial charge is 0.407 e. The molecule has 0 aromatic carbocycles. The zero-order valence-corrected chi connectivity index (χ0v) is 13.3. The van der Waals surface area contributed by atoms with Crippen molar-refractivity contribution >= 4 is 12.1 Å². The molecule has 1 unspecified atom stereocenters. The molecule has 1 atom stereocenters. The Bertz CT molecular complexity index is 356. The molecule has 1 aliphatic rings. The van der Waals surface area contributed by atoms with Gasteiger partial charge in [0.15, 0.2) is 6.10 Å². The number of methoxy groups -OCH3 is 1. The lowest BCUT2D eigenvalue weighted by atomic mass is 9.83. The number of carbonyl (C=O) groups excluding carboxylic acids is 2. The summed E-state index contributed by atoms with van der Waals surface area (Å²) >= 11 is 0. The molecule has 0 saturated heterocycles. The minimum absolute atomic E-state index is 0.103. The van der Waals surface area contributed by atoms with E-state index in [9.17, 15) is 14.7 Å². The van der Waals surface area contributed by atoms with Crippen molar-refractivity contribution in [3.05, 3.63) is 0 Å². The van der Waals surface area contributed by atoms with Crippen LogP contribution in [0, 0.1) is 5.92 Å². The molecule has 0 radical (unpaired) electrons. The van der Waals surface area contributed by atoms with Crippen molar-refractivity contribution in [1.29, 1.82) is 0 Å². The van der Waals surface area contributed by atoms with Crippen LogP contribution >= 0.6 is 0 Å². The lowest BCUT2D eigenvalue weighted by Crippen LogP contribution is -2.41. The highest BCUT2D eigenvalue weighted by Gasteiger charge is 2.27. The second-order valence-corrected chi connectivity index (χ2v) is 6.64. The van der Waals surface area contributed by atoms with E-state index in [2.05, 4.69) is 10.1 Å². The lowest BCUT2D eigenvalue weighted by Gasteiger charge is -2.30. The Kier molecular flexibility index (Phi) is 6.45. The number of aliphatic hydroxyl groups excluding tert-OH is 1. The number of hydrogen-bond acceptors (Lipinski definition) is 5. The maximum atomic E-state index is 11.7. The van der Waals surface area contributed by atoms with Crippen molar-refractivity contribution in [2.75, 3.05) is 7.11 Å². The van der Waals surface area contributed by atoms with E-state index in [1.807, 2.05) is 20.8 Å². The fourth-order valence-electron chi connectivity index (χ4n) is 2.56. The first-order valence-electron chi connectivity index (χ1n) is 7.46. The Balaban J connectivity index is 2.29. The molecule has 1 saturated carbocycles. The predicted octanol–water partition coefficient (Wildman–Crippen LogP) is 1.99. The highest BCUT2D eigenvalue weighted by atomic mass is 16.6. The maximum absolute atomic E-state index is 11.7. The van der Waals surface area contributed by atoms with Gasteiger partial charge in [-0.3, -0.25) is 0 Å². The molecule has 1 amide bonds. The van der Waals surface area contributed by atoms with Crippen molar-refractivity contribution in [3.63, 3.8) is 0 Å². The van der Waals surface area contributed by atoms with Crippen LogP contribution in [0.3, 0.4) is 0 Å². The van der Waals surface area contributed by atoms with Gasteiger partial charge >= 0.3 is 12.1 Å². The first kappa shape index (κ1) is 17.8. The summed E-state index contributed by atoms with van der Waals surface area (Å²) in [6.45, 7) is 5.49. The van der Waals surface area contributed by atoms with Crippen molar-refractivity contribution in [2.45, 2.75) is 70.6 Å². The van der Waals surface area contributed by atoms with E-state index in [4.69, 9.17) is 4.74 Å². The lowest BCUT2D eigenvalue weighted by molar-refractivity contribution is -0.151. The molecule has 0 aromatic heterocycles. The van der Waals surface area contributed by atoms with Gasteiger partial charge in [-0.05, 0) is 58.8 Å². The maximum Gasteiger partial charge on any atom is 0.407 e.